The minimum Gasteiger partial charge on any atom is -0.481 e. The standard InChI is InChI=1S/C11H18O4/c1-2-15-11(14)9-6-4-3-5-8(9)7-10(12)13/h8-9H,2-7H2,1H3,(H,12,13). The molecule has 1 aliphatic rings. The highest BCUT2D eigenvalue weighted by atomic mass is 16.5. The third-order valence-electron chi connectivity index (χ3n) is 2.94. The zero-order chi connectivity index (χ0) is 11.3. The van der Waals surface area contributed by atoms with Gasteiger partial charge in [-0.2, -0.15) is 0 Å². The molecule has 1 N–H and O–H groups in total. The summed E-state index contributed by atoms with van der Waals surface area (Å²) in [6.07, 6.45) is 3.71. The van der Waals surface area contributed by atoms with Crippen molar-refractivity contribution in [2.24, 2.45) is 11.8 Å². The molecule has 4 heteroatoms. The number of hydrogen-bond donors (Lipinski definition) is 1. The molecule has 0 aliphatic heterocycles. The van der Waals surface area contributed by atoms with Gasteiger partial charge in [0.15, 0.2) is 0 Å². The Kier molecular flexibility index (Phi) is 4.59. The summed E-state index contributed by atoms with van der Waals surface area (Å²) in [6, 6.07) is 0. The lowest BCUT2D eigenvalue weighted by molar-refractivity contribution is -0.152. The first-order valence-electron chi connectivity index (χ1n) is 5.53. The molecule has 0 aromatic heterocycles. The highest BCUT2D eigenvalue weighted by Crippen LogP contribution is 2.33. The highest BCUT2D eigenvalue weighted by Gasteiger charge is 2.33. The molecular formula is C11H18O4. The quantitative estimate of drug-likeness (QED) is 0.725. The van der Waals surface area contributed by atoms with Crippen molar-refractivity contribution in [2.45, 2.75) is 39.0 Å². The van der Waals surface area contributed by atoms with Gasteiger partial charge in [-0.15, -0.1) is 0 Å². The van der Waals surface area contributed by atoms with Crippen LogP contribution in [0.4, 0.5) is 0 Å². The molecule has 2 atom stereocenters. The summed E-state index contributed by atoms with van der Waals surface area (Å²) < 4.78 is 4.96. The summed E-state index contributed by atoms with van der Waals surface area (Å²) in [5.41, 5.74) is 0. The average molecular weight is 214 g/mol. The van der Waals surface area contributed by atoms with Crippen molar-refractivity contribution in [3.8, 4) is 0 Å². The summed E-state index contributed by atoms with van der Waals surface area (Å²) in [5, 5.41) is 8.74. The molecule has 0 bridgehead atoms. The molecule has 2 unspecified atom stereocenters. The number of aliphatic carboxylic acids is 1. The Morgan fingerprint density at radius 1 is 1.33 bits per heavy atom. The second-order valence-corrected chi connectivity index (χ2v) is 4.00. The minimum absolute atomic E-state index is 0.0321. The van der Waals surface area contributed by atoms with E-state index < -0.39 is 5.97 Å². The van der Waals surface area contributed by atoms with Gasteiger partial charge in [-0.25, -0.2) is 0 Å². The van der Waals surface area contributed by atoms with Crippen molar-refractivity contribution in [1.29, 1.82) is 0 Å². The number of carbonyl (C=O) groups excluding carboxylic acids is 1. The van der Waals surface area contributed by atoms with Crippen LogP contribution in [0, 0.1) is 11.8 Å². The molecule has 1 rings (SSSR count). The van der Waals surface area contributed by atoms with Crippen LogP contribution in [0.2, 0.25) is 0 Å². The molecule has 0 saturated heterocycles. The Morgan fingerprint density at radius 2 is 2.00 bits per heavy atom. The zero-order valence-electron chi connectivity index (χ0n) is 9.07. The van der Waals surface area contributed by atoms with Crippen molar-refractivity contribution in [2.75, 3.05) is 6.61 Å². The molecule has 0 radical (unpaired) electrons. The molecule has 1 fully saturated rings. The van der Waals surface area contributed by atoms with E-state index in [0.29, 0.717) is 6.61 Å². The van der Waals surface area contributed by atoms with E-state index in [-0.39, 0.29) is 24.2 Å². The summed E-state index contributed by atoms with van der Waals surface area (Å²) in [6.45, 7) is 2.14. The van der Waals surface area contributed by atoms with Gasteiger partial charge < -0.3 is 9.84 Å². The Labute approximate surface area is 89.6 Å². The van der Waals surface area contributed by atoms with Crippen LogP contribution in [-0.4, -0.2) is 23.7 Å². The van der Waals surface area contributed by atoms with Gasteiger partial charge in [0.2, 0.25) is 0 Å². The van der Waals surface area contributed by atoms with Crippen LogP contribution in [0.25, 0.3) is 0 Å². The second kappa shape index (κ2) is 5.73. The fraction of sp³-hybridized carbons (Fsp3) is 0.818. The van der Waals surface area contributed by atoms with Gasteiger partial charge in [-0.3, -0.25) is 9.59 Å². The Hall–Kier alpha value is -1.06. The van der Waals surface area contributed by atoms with Gasteiger partial charge in [0.05, 0.1) is 12.5 Å². The van der Waals surface area contributed by atoms with E-state index in [1.54, 1.807) is 6.92 Å². The van der Waals surface area contributed by atoms with Crippen LogP contribution >= 0.6 is 0 Å². The van der Waals surface area contributed by atoms with Crippen LogP contribution in [0.1, 0.15) is 39.0 Å². The summed E-state index contributed by atoms with van der Waals surface area (Å²) in [5.74, 6) is -1.27. The third-order valence-corrected chi connectivity index (χ3v) is 2.94. The largest absolute Gasteiger partial charge is 0.481 e. The molecule has 0 amide bonds. The Morgan fingerprint density at radius 3 is 2.60 bits per heavy atom. The molecule has 0 heterocycles. The molecule has 0 spiro atoms. The summed E-state index contributed by atoms with van der Waals surface area (Å²) in [7, 11) is 0. The summed E-state index contributed by atoms with van der Waals surface area (Å²) in [4.78, 5) is 22.2. The molecule has 1 aliphatic carbocycles. The lowest BCUT2D eigenvalue weighted by Crippen LogP contribution is -2.30. The SMILES string of the molecule is CCOC(=O)C1CCCCC1CC(=O)O. The van der Waals surface area contributed by atoms with E-state index in [1.807, 2.05) is 0 Å². The van der Waals surface area contributed by atoms with Crippen LogP contribution in [-0.2, 0) is 14.3 Å². The maximum atomic E-state index is 11.6. The molecule has 0 aromatic carbocycles. The van der Waals surface area contributed by atoms with E-state index in [1.165, 1.54) is 0 Å². The molecule has 0 aromatic rings. The van der Waals surface area contributed by atoms with E-state index in [9.17, 15) is 9.59 Å². The van der Waals surface area contributed by atoms with Gasteiger partial charge in [0.1, 0.15) is 0 Å². The molecule has 86 valence electrons. The topological polar surface area (TPSA) is 63.6 Å². The number of esters is 1. The maximum absolute atomic E-state index is 11.6. The van der Waals surface area contributed by atoms with E-state index in [4.69, 9.17) is 9.84 Å². The first-order chi connectivity index (χ1) is 7.15. The van der Waals surface area contributed by atoms with Crippen molar-refractivity contribution < 1.29 is 19.4 Å². The van der Waals surface area contributed by atoms with Gasteiger partial charge in [0, 0.05) is 6.42 Å². The van der Waals surface area contributed by atoms with Crippen LogP contribution in [0.15, 0.2) is 0 Å². The molecule has 15 heavy (non-hydrogen) atoms. The van der Waals surface area contributed by atoms with E-state index >= 15 is 0 Å². The van der Waals surface area contributed by atoms with Crippen molar-refractivity contribution in [1.82, 2.24) is 0 Å². The second-order valence-electron chi connectivity index (χ2n) is 4.00. The molecule has 4 nitrogen and oxygen atoms in total. The minimum atomic E-state index is -0.823. The van der Waals surface area contributed by atoms with Gasteiger partial charge in [-0.05, 0) is 25.7 Å². The molecule has 1 saturated carbocycles. The number of hydrogen-bond acceptors (Lipinski definition) is 3. The smallest absolute Gasteiger partial charge is 0.309 e. The van der Waals surface area contributed by atoms with Crippen molar-refractivity contribution in [3.63, 3.8) is 0 Å². The van der Waals surface area contributed by atoms with Gasteiger partial charge in [-0.1, -0.05) is 12.8 Å². The van der Waals surface area contributed by atoms with Crippen molar-refractivity contribution in [3.05, 3.63) is 0 Å². The average Bonchev–Trinajstić information content (AvgIpc) is 2.18. The maximum Gasteiger partial charge on any atom is 0.309 e. The van der Waals surface area contributed by atoms with Crippen LogP contribution < -0.4 is 0 Å². The predicted molar refractivity (Wildman–Crippen MR) is 54.3 cm³/mol. The number of carboxylic acid groups (broad SMARTS) is 1. The lowest BCUT2D eigenvalue weighted by Gasteiger charge is -2.28. The monoisotopic (exact) mass is 214 g/mol. The van der Waals surface area contributed by atoms with Crippen LogP contribution in [0.3, 0.4) is 0 Å². The first kappa shape index (κ1) is 12.0. The fourth-order valence-corrected chi connectivity index (χ4v) is 2.24. The van der Waals surface area contributed by atoms with Crippen molar-refractivity contribution >= 4 is 11.9 Å². The van der Waals surface area contributed by atoms with Crippen LogP contribution in [0.5, 0.6) is 0 Å². The number of carbonyl (C=O) groups is 2. The van der Waals surface area contributed by atoms with E-state index in [2.05, 4.69) is 0 Å². The Bertz CT molecular complexity index is 237. The predicted octanol–water partition coefficient (Wildman–Crippen LogP) is 1.83. The zero-order valence-corrected chi connectivity index (χ0v) is 9.07. The van der Waals surface area contributed by atoms with Gasteiger partial charge in [0.25, 0.3) is 0 Å². The number of carboxylic acids is 1. The number of rotatable bonds is 4. The normalized spacial score (nSPS) is 25.9. The molecular weight excluding hydrogens is 196 g/mol. The Balaban J connectivity index is 2.56. The number of ether oxygens (including phenoxy) is 1. The third kappa shape index (κ3) is 3.53. The first-order valence-corrected chi connectivity index (χ1v) is 5.53. The van der Waals surface area contributed by atoms with Gasteiger partial charge >= 0.3 is 11.9 Å². The summed E-state index contributed by atoms with van der Waals surface area (Å²) >= 11 is 0. The lowest BCUT2D eigenvalue weighted by atomic mass is 9.77. The van der Waals surface area contributed by atoms with E-state index in [0.717, 1.165) is 25.7 Å². The fourth-order valence-electron chi connectivity index (χ4n) is 2.24. The highest BCUT2D eigenvalue weighted by molar-refractivity contribution is 5.74.